The van der Waals surface area contributed by atoms with Gasteiger partial charge in [0.1, 0.15) is 17.2 Å². The summed E-state index contributed by atoms with van der Waals surface area (Å²) < 4.78 is 38.2. The smallest absolute Gasteiger partial charge is 0.408 e. The minimum Gasteiger partial charge on any atom is -0.458 e. The summed E-state index contributed by atoms with van der Waals surface area (Å²) in [4.78, 5) is 31.5. The van der Waals surface area contributed by atoms with E-state index >= 15 is 0 Å². The van der Waals surface area contributed by atoms with Crippen LogP contribution in [0.3, 0.4) is 0 Å². The van der Waals surface area contributed by atoms with Gasteiger partial charge in [0.05, 0.1) is 6.33 Å². The highest BCUT2D eigenvalue weighted by Gasteiger charge is 2.29. The largest absolute Gasteiger partial charge is 0.458 e. The van der Waals surface area contributed by atoms with Crippen molar-refractivity contribution in [2.75, 3.05) is 4.72 Å². The van der Waals surface area contributed by atoms with E-state index in [0.29, 0.717) is 11.3 Å². The van der Waals surface area contributed by atoms with Gasteiger partial charge in [0, 0.05) is 18.3 Å². The highest BCUT2D eigenvalue weighted by Crippen LogP contribution is 2.21. The second-order valence-electron chi connectivity index (χ2n) is 9.59. The molecule has 11 heteroatoms. The van der Waals surface area contributed by atoms with Gasteiger partial charge in [0.15, 0.2) is 5.03 Å². The average molecular weight is 481 g/mol. The van der Waals surface area contributed by atoms with Crippen molar-refractivity contribution in [1.82, 2.24) is 15.3 Å². The number of rotatable bonds is 7. The zero-order chi connectivity index (χ0) is 25.0. The Morgan fingerprint density at radius 2 is 1.73 bits per heavy atom. The number of hydrogen-bond acceptors (Lipinski definition) is 7. The summed E-state index contributed by atoms with van der Waals surface area (Å²) in [6.45, 7) is 12.2. The van der Waals surface area contributed by atoms with E-state index in [4.69, 9.17) is 9.47 Å². The number of ether oxygens (including phenoxy) is 2. The third-order valence-corrected chi connectivity index (χ3v) is 5.43. The fourth-order valence-electron chi connectivity index (χ4n) is 2.79. The first-order chi connectivity index (χ1) is 15.1. The maximum absolute atomic E-state index is 12.8. The van der Waals surface area contributed by atoms with Gasteiger partial charge < -0.3 is 19.8 Å². The number of carbonyl (C=O) groups is 2. The number of aromatic amines is 1. The topological polar surface area (TPSA) is 139 Å². The summed E-state index contributed by atoms with van der Waals surface area (Å²) in [5, 5.41) is 2.42. The van der Waals surface area contributed by atoms with E-state index in [0.717, 1.165) is 5.56 Å². The van der Waals surface area contributed by atoms with E-state index < -0.39 is 39.3 Å². The van der Waals surface area contributed by atoms with Crippen LogP contribution >= 0.6 is 0 Å². The van der Waals surface area contributed by atoms with Gasteiger partial charge >= 0.3 is 12.1 Å². The van der Waals surface area contributed by atoms with Crippen LogP contribution in [0.4, 0.5) is 10.5 Å². The van der Waals surface area contributed by atoms with E-state index in [2.05, 4.69) is 20.0 Å². The number of nitrogens with one attached hydrogen (secondary N) is 3. The van der Waals surface area contributed by atoms with E-state index in [1.165, 1.54) is 12.5 Å². The number of alkyl carbamates (subject to hydrolysis) is 1. The van der Waals surface area contributed by atoms with Crippen LogP contribution in [0.2, 0.25) is 0 Å². The molecule has 0 bridgehead atoms. The van der Waals surface area contributed by atoms with Gasteiger partial charge in [-0.2, -0.15) is 8.42 Å². The van der Waals surface area contributed by atoms with Crippen LogP contribution in [0.15, 0.2) is 35.7 Å². The number of imidazole rings is 1. The van der Waals surface area contributed by atoms with Gasteiger partial charge in [-0.1, -0.05) is 6.07 Å². The van der Waals surface area contributed by atoms with Crippen molar-refractivity contribution in [3.8, 4) is 0 Å². The monoisotopic (exact) mass is 480 g/mol. The fourth-order valence-corrected chi connectivity index (χ4v) is 3.75. The number of benzene rings is 1. The van der Waals surface area contributed by atoms with E-state index in [1.54, 1.807) is 59.7 Å². The molecule has 1 atom stereocenters. The zero-order valence-electron chi connectivity index (χ0n) is 20.0. The molecular weight excluding hydrogens is 448 g/mol. The SMILES string of the molecule is Cc1ccc(NS(=O)(=O)c2c[nH]cn2)cc1C[C@H](NC(=O)OC(C)(C)C)C(=O)OC(C)(C)C. The second kappa shape index (κ2) is 9.82. The molecule has 3 N–H and O–H groups in total. The summed E-state index contributed by atoms with van der Waals surface area (Å²) in [6.07, 6.45) is 1.84. The molecule has 1 heterocycles. The van der Waals surface area contributed by atoms with Crippen molar-refractivity contribution in [3.05, 3.63) is 41.9 Å². The van der Waals surface area contributed by atoms with Crippen molar-refractivity contribution in [1.29, 1.82) is 0 Å². The Morgan fingerprint density at radius 3 is 2.27 bits per heavy atom. The molecule has 182 valence electrons. The lowest BCUT2D eigenvalue weighted by Gasteiger charge is -2.26. The van der Waals surface area contributed by atoms with Crippen LogP contribution in [0, 0.1) is 6.92 Å². The standard InChI is InChI=1S/C22H32N4O6S/c1-14-8-9-16(26-33(29,30)18-12-23-13-24-18)10-15(14)11-17(19(27)31-21(2,3)4)25-20(28)32-22(5,6)7/h8-10,12-13,17,26H,11H2,1-7H3,(H,23,24)(H,25,28)/t17-/m0/s1. The molecule has 1 aromatic carbocycles. The van der Waals surface area contributed by atoms with E-state index in [1.807, 2.05) is 6.92 Å². The van der Waals surface area contributed by atoms with Crippen LogP contribution in [-0.2, 0) is 30.7 Å². The molecule has 0 aliphatic rings. The Hall–Kier alpha value is -3.08. The number of amides is 1. The second-order valence-corrected chi connectivity index (χ2v) is 11.2. The van der Waals surface area contributed by atoms with Crippen LogP contribution in [0.1, 0.15) is 52.7 Å². The van der Waals surface area contributed by atoms with Gasteiger partial charge in [0.25, 0.3) is 10.0 Å². The summed E-state index contributed by atoms with van der Waals surface area (Å²) in [7, 11) is -3.88. The Labute approximate surface area is 194 Å². The summed E-state index contributed by atoms with van der Waals surface area (Å²) in [5.74, 6) is -0.629. The van der Waals surface area contributed by atoms with Gasteiger partial charge in [-0.05, 0) is 71.7 Å². The Morgan fingerprint density at radius 1 is 1.09 bits per heavy atom. The third kappa shape index (κ3) is 8.41. The lowest BCUT2D eigenvalue weighted by Crippen LogP contribution is -2.47. The molecule has 1 amide bonds. The van der Waals surface area contributed by atoms with Gasteiger partial charge in [-0.3, -0.25) is 4.72 Å². The lowest BCUT2D eigenvalue weighted by atomic mass is 10.00. The van der Waals surface area contributed by atoms with E-state index in [-0.39, 0.29) is 11.4 Å². The fraction of sp³-hybridized carbons (Fsp3) is 0.500. The maximum Gasteiger partial charge on any atom is 0.408 e. The van der Waals surface area contributed by atoms with Gasteiger partial charge in [-0.25, -0.2) is 14.6 Å². The molecule has 0 aliphatic carbocycles. The molecule has 1 aromatic heterocycles. The van der Waals surface area contributed by atoms with Gasteiger partial charge in [-0.15, -0.1) is 0 Å². The number of hydrogen-bond donors (Lipinski definition) is 3. The number of aromatic nitrogens is 2. The first-order valence-electron chi connectivity index (χ1n) is 10.4. The van der Waals surface area contributed by atoms with Crippen LogP contribution in [-0.4, -0.2) is 47.7 Å². The number of sulfonamides is 1. The van der Waals surface area contributed by atoms with Gasteiger partial charge in [0.2, 0.25) is 0 Å². The highest BCUT2D eigenvalue weighted by molar-refractivity contribution is 7.92. The molecular formula is C22H32N4O6S. The molecule has 0 radical (unpaired) electrons. The van der Waals surface area contributed by atoms with Crippen LogP contribution in [0.5, 0.6) is 0 Å². The van der Waals surface area contributed by atoms with Crippen molar-refractivity contribution in [2.24, 2.45) is 0 Å². The molecule has 33 heavy (non-hydrogen) atoms. The summed E-state index contributed by atoms with van der Waals surface area (Å²) >= 11 is 0. The molecule has 0 spiro atoms. The number of nitrogens with zero attached hydrogens (tertiary/aromatic N) is 1. The van der Waals surface area contributed by atoms with Crippen molar-refractivity contribution >= 4 is 27.8 Å². The molecule has 2 rings (SSSR count). The van der Waals surface area contributed by atoms with Crippen LogP contribution < -0.4 is 10.0 Å². The average Bonchev–Trinajstić information content (AvgIpc) is 3.16. The number of esters is 1. The highest BCUT2D eigenvalue weighted by atomic mass is 32.2. The van der Waals surface area contributed by atoms with Crippen molar-refractivity contribution in [3.63, 3.8) is 0 Å². The Balaban J connectivity index is 2.29. The molecule has 0 unspecified atom stereocenters. The number of anilines is 1. The quantitative estimate of drug-likeness (QED) is 0.517. The first-order valence-corrected chi connectivity index (χ1v) is 11.9. The lowest BCUT2D eigenvalue weighted by molar-refractivity contribution is -0.157. The molecule has 0 saturated carbocycles. The maximum atomic E-state index is 12.8. The number of carbonyl (C=O) groups excluding carboxylic acids is 2. The molecule has 0 saturated heterocycles. The molecule has 10 nitrogen and oxygen atoms in total. The van der Waals surface area contributed by atoms with Crippen molar-refractivity contribution in [2.45, 2.75) is 77.2 Å². The van der Waals surface area contributed by atoms with E-state index in [9.17, 15) is 18.0 Å². The van der Waals surface area contributed by atoms with Crippen LogP contribution in [0.25, 0.3) is 0 Å². The Bertz CT molecular complexity index is 1080. The predicted octanol–water partition coefficient (Wildman–Crippen LogP) is 3.30. The number of H-pyrrole nitrogens is 1. The molecule has 0 aliphatic heterocycles. The molecule has 0 fully saturated rings. The first kappa shape index (κ1) is 26.2. The predicted molar refractivity (Wildman–Crippen MR) is 123 cm³/mol. The number of aryl methyl sites for hydroxylation is 1. The minimum absolute atomic E-state index is 0.0674. The minimum atomic E-state index is -3.88. The third-order valence-electron chi connectivity index (χ3n) is 4.16. The zero-order valence-corrected chi connectivity index (χ0v) is 20.8. The molecule has 2 aromatic rings. The summed E-state index contributed by atoms with van der Waals surface area (Å²) in [5.41, 5.74) is 0.226. The Kier molecular flexibility index (Phi) is 7.79. The normalized spacial score (nSPS) is 13.2. The summed E-state index contributed by atoms with van der Waals surface area (Å²) in [6, 6.07) is 3.88. The van der Waals surface area contributed by atoms with Crippen molar-refractivity contribution < 1.29 is 27.5 Å².